The van der Waals surface area contributed by atoms with E-state index in [0.717, 1.165) is 30.5 Å². The molecule has 2 aliphatic rings. The molecule has 4 heteroatoms. The zero-order valence-corrected chi connectivity index (χ0v) is 11.9. The van der Waals surface area contributed by atoms with Crippen LogP contribution >= 0.6 is 0 Å². The Bertz CT molecular complexity index is 440. The summed E-state index contributed by atoms with van der Waals surface area (Å²) in [5.41, 5.74) is 0. The molecule has 2 fully saturated rings. The summed E-state index contributed by atoms with van der Waals surface area (Å²) in [6.07, 6.45) is 1.40. The molecular weight excluding hydrogens is 242 g/mol. The highest BCUT2D eigenvalue weighted by atomic mass is 16.7. The number of hydrogen-bond acceptors (Lipinski definition) is 4. The Kier molecular flexibility index (Phi) is 3.41. The zero-order chi connectivity index (χ0) is 13.5. The van der Waals surface area contributed by atoms with Gasteiger partial charge in [-0.2, -0.15) is 0 Å². The van der Waals surface area contributed by atoms with Crippen LogP contribution in [-0.2, 0) is 16.0 Å². The van der Waals surface area contributed by atoms with Crippen molar-refractivity contribution in [1.29, 1.82) is 0 Å². The molecule has 4 nitrogen and oxygen atoms in total. The van der Waals surface area contributed by atoms with Gasteiger partial charge >= 0.3 is 0 Å². The van der Waals surface area contributed by atoms with Crippen molar-refractivity contribution in [2.24, 2.45) is 5.92 Å². The molecule has 0 aromatic carbocycles. The Labute approximate surface area is 114 Å². The van der Waals surface area contributed by atoms with Crippen molar-refractivity contribution in [2.75, 3.05) is 13.2 Å². The minimum absolute atomic E-state index is 0.132. The quantitative estimate of drug-likeness (QED) is 0.889. The summed E-state index contributed by atoms with van der Waals surface area (Å²) in [5, 5.41) is 3.37. The SMILES string of the molecule is CC1CC1c1ccc(CNCC2COC(C)(C)O2)o1. The van der Waals surface area contributed by atoms with Crippen molar-refractivity contribution in [3.8, 4) is 0 Å². The second-order valence-electron chi connectivity index (χ2n) is 6.21. The minimum atomic E-state index is -0.438. The highest BCUT2D eigenvalue weighted by Gasteiger charge is 2.36. The van der Waals surface area contributed by atoms with Gasteiger partial charge in [0, 0.05) is 12.5 Å². The molecule has 0 bridgehead atoms. The van der Waals surface area contributed by atoms with Gasteiger partial charge in [0.15, 0.2) is 5.79 Å². The van der Waals surface area contributed by atoms with E-state index in [1.807, 2.05) is 13.8 Å². The van der Waals surface area contributed by atoms with Crippen LogP contribution in [0.3, 0.4) is 0 Å². The summed E-state index contributed by atoms with van der Waals surface area (Å²) in [4.78, 5) is 0. The highest BCUT2D eigenvalue weighted by molar-refractivity contribution is 5.17. The van der Waals surface area contributed by atoms with Crippen LogP contribution in [0.15, 0.2) is 16.5 Å². The molecule has 19 heavy (non-hydrogen) atoms. The first kappa shape index (κ1) is 13.2. The number of hydrogen-bond donors (Lipinski definition) is 1. The zero-order valence-electron chi connectivity index (χ0n) is 11.9. The Balaban J connectivity index is 1.42. The fourth-order valence-electron chi connectivity index (χ4n) is 2.63. The molecule has 1 N–H and O–H groups in total. The van der Waals surface area contributed by atoms with Gasteiger partial charge in [-0.05, 0) is 38.3 Å². The van der Waals surface area contributed by atoms with Crippen LogP contribution in [0.5, 0.6) is 0 Å². The van der Waals surface area contributed by atoms with Crippen molar-refractivity contribution in [2.45, 2.75) is 51.5 Å². The summed E-state index contributed by atoms with van der Waals surface area (Å²) >= 11 is 0. The first-order chi connectivity index (χ1) is 9.03. The third-order valence-electron chi connectivity index (χ3n) is 3.90. The Morgan fingerprint density at radius 1 is 1.37 bits per heavy atom. The van der Waals surface area contributed by atoms with Gasteiger partial charge in [0.2, 0.25) is 0 Å². The van der Waals surface area contributed by atoms with E-state index in [4.69, 9.17) is 13.9 Å². The van der Waals surface area contributed by atoms with E-state index in [0.29, 0.717) is 12.5 Å². The molecular formula is C15H23NO3. The predicted molar refractivity (Wildman–Crippen MR) is 71.8 cm³/mol. The van der Waals surface area contributed by atoms with Gasteiger partial charge in [0.05, 0.1) is 19.3 Å². The van der Waals surface area contributed by atoms with Gasteiger partial charge in [0.25, 0.3) is 0 Å². The first-order valence-corrected chi connectivity index (χ1v) is 7.14. The lowest BCUT2D eigenvalue weighted by Gasteiger charge is -2.17. The molecule has 1 aromatic heterocycles. The van der Waals surface area contributed by atoms with Gasteiger partial charge in [0.1, 0.15) is 11.5 Å². The van der Waals surface area contributed by atoms with E-state index in [9.17, 15) is 0 Å². The lowest BCUT2D eigenvalue weighted by molar-refractivity contribution is -0.137. The molecule has 1 saturated carbocycles. The van der Waals surface area contributed by atoms with Gasteiger partial charge in [-0.1, -0.05) is 6.92 Å². The van der Waals surface area contributed by atoms with Crippen LogP contribution in [0, 0.1) is 5.92 Å². The number of furan rings is 1. The number of ether oxygens (including phenoxy) is 2. The van der Waals surface area contributed by atoms with Crippen molar-refractivity contribution in [1.82, 2.24) is 5.32 Å². The second kappa shape index (κ2) is 4.93. The second-order valence-corrected chi connectivity index (χ2v) is 6.21. The average molecular weight is 265 g/mol. The topological polar surface area (TPSA) is 43.6 Å². The van der Waals surface area contributed by atoms with E-state index >= 15 is 0 Å². The normalized spacial score (nSPS) is 32.7. The molecule has 1 aliphatic heterocycles. The summed E-state index contributed by atoms with van der Waals surface area (Å²) in [6.45, 7) is 8.36. The van der Waals surface area contributed by atoms with Crippen LogP contribution < -0.4 is 5.32 Å². The monoisotopic (exact) mass is 265 g/mol. The molecule has 1 aliphatic carbocycles. The van der Waals surface area contributed by atoms with Crippen LogP contribution in [0.1, 0.15) is 44.6 Å². The Morgan fingerprint density at radius 3 is 2.79 bits per heavy atom. The maximum atomic E-state index is 5.85. The fraction of sp³-hybridized carbons (Fsp3) is 0.733. The van der Waals surface area contributed by atoms with E-state index in [1.165, 1.54) is 6.42 Å². The molecule has 0 spiro atoms. The third kappa shape index (κ3) is 3.19. The lowest BCUT2D eigenvalue weighted by Crippen LogP contribution is -2.30. The van der Waals surface area contributed by atoms with Crippen molar-refractivity contribution >= 4 is 0 Å². The largest absolute Gasteiger partial charge is 0.464 e. The molecule has 1 aromatic rings. The number of nitrogens with one attached hydrogen (secondary N) is 1. The van der Waals surface area contributed by atoms with Gasteiger partial charge in [-0.25, -0.2) is 0 Å². The van der Waals surface area contributed by atoms with Crippen LogP contribution in [0.25, 0.3) is 0 Å². The maximum Gasteiger partial charge on any atom is 0.163 e. The molecule has 2 heterocycles. The molecule has 0 amide bonds. The molecule has 106 valence electrons. The Morgan fingerprint density at radius 2 is 2.16 bits per heavy atom. The first-order valence-electron chi connectivity index (χ1n) is 7.14. The van der Waals surface area contributed by atoms with Gasteiger partial charge in [-0.15, -0.1) is 0 Å². The summed E-state index contributed by atoms with van der Waals surface area (Å²) in [6, 6.07) is 4.19. The van der Waals surface area contributed by atoms with Crippen LogP contribution in [0.2, 0.25) is 0 Å². The van der Waals surface area contributed by atoms with Crippen molar-refractivity contribution in [3.05, 3.63) is 23.7 Å². The van der Waals surface area contributed by atoms with E-state index in [2.05, 4.69) is 24.4 Å². The molecule has 0 radical (unpaired) electrons. The van der Waals surface area contributed by atoms with E-state index in [-0.39, 0.29) is 6.10 Å². The smallest absolute Gasteiger partial charge is 0.163 e. The third-order valence-corrected chi connectivity index (χ3v) is 3.90. The highest BCUT2D eigenvalue weighted by Crippen LogP contribution is 2.47. The van der Waals surface area contributed by atoms with Crippen molar-refractivity contribution < 1.29 is 13.9 Å². The molecule has 3 unspecified atom stereocenters. The van der Waals surface area contributed by atoms with Gasteiger partial charge in [-0.3, -0.25) is 0 Å². The minimum Gasteiger partial charge on any atom is -0.464 e. The van der Waals surface area contributed by atoms with E-state index < -0.39 is 5.79 Å². The summed E-state index contributed by atoms with van der Waals surface area (Å²) in [7, 11) is 0. The number of rotatable bonds is 5. The lowest BCUT2D eigenvalue weighted by atomic mass is 10.3. The molecule has 3 rings (SSSR count). The average Bonchev–Trinajstić information content (AvgIpc) is 2.75. The molecule has 1 saturated heterocycles. The van der Waals surface area contributed by atoms with Crippen molar-refractivity contribution in [3.63, 3.8) is 0 Å². The summed E-state index contributed by atoms with van der Waals surface area (Å²) < 4.78 is 17.1. The van der Waals surface area contributed by atoms with E-state index in [1.54, 1.807) is 0 Å². The van der Waals surface area contributed by atoms with Crippen LogP contribution in [-0.4, -0.2) is 25.0 Å². The maximum absolute atomic E-state index is 5.85. The Hall–Kier alpha value is -0.840. The van der Waals surface area contributed by atoms with Gasteiger partial charge < -0.3 is 19.2 Å². The fourth-order valence-corrected chi connectivity index (χ4v) is 2.63. The predicted octanol–water partition coefficient (Wildman–Crippen LogP) is 2.64. The van der Waals surface area contributed by atoms with Crippen LogP contribution in [0.4, 0.5) is 0 Å². The standard InChI is InChI=1S/C15H23NO3/c1-10-6-13(10)14-5-4-11(18-14)7-16-8-12-9-17-15(2,3)19-12/h4-5,10,12-13,16H,6-9H2,1-3H3. The summed E-state index contributed by atoms with van der Waals surface area (Å²) in [5.74, 6) is 3.16. The molecule has 3 atom stereocenters.